The van der Waals surface area contributed by atoms with Crippen molar-refractivity contribution in [1.82, 2.24) is 0 Å². The summed E-state index contributed by atoms with van der Waals surface area (Å²) in [6.07, 6.45) is 3.49. The molecule has 1 fully saturated rings. The van der Waals surface area contributed by atoms with Crippen LogP contribution in [0.1, 0.15) is 26.7 Å². The zero-order valence-corrected chi connectivity index (χ0v) is 6.80. The van der Waals surface area contributed by atoms with Crippen LogP contribution >= 0.6 is 0 Å². The minimum Gasteiger partial charge on any atom is -0.386 e. The van der Waals surface area contributed by atoms with Gasteiger partial charge in [-0.2, -0.15) is 0 Å². The van der Waals surface area contributed by atoms with Crippen molar-refractivity contribution < 1.29 is 5.11 Å². The van der Waals surface area contributed by atoms with Crippen LogP contribution in [-0.4, -0.2) is 10.7 Å². The summed E-state index contributed by atoms with van der Waals surface area (Å²) in [4.78, 5) is 0. The number of hydrogen-bond acceptors (Lipinski definition) is 1. The first-order valence-corrected chi connectivity index (χ1v) is 3.93. The molecule has 0 radical (unpaired) electrons. The van der Waals surface area contributed by atoms with E-state index in [2.05, 4.69) is 20.4 Å². The van der Waals surface area contributed by atoms with E-state index in [-0.39, 0.29) is 0 Å². The van der Waals surface area contributed by atoms with Crippen molar-refractivity contribution in [2.45, 2.75) is 32.3 Å². The average molecular weight is 140 g/mol. The molecule has 58 valence electrons. The van der Waals surface area contributed by atoms with Gasteiger partial charge in [-0.1, -0.05) is 19.9 Å². The van der Waals surface area contributed by atoms with E-state index in [1.165, 1.54) is 0 Å². The van der Waals surface area contributed by atoms with Gasteiger partial charge in [-0.3, -0.25) is 0 Å². The third-order valence-electron chi connectivity index (χ3n) is 2.55. The van der Waals surface area contributed by atoms with Crippen LogP contribution in [0, 0.1) is 11.8 Å². The molecule has 0 saturated heterocycles. The molecule has 1 nitrogen and oxygen atoms in total. The van der Waals surface area contributed by atoms with Crippen molar-refractivity contribution in [2.75, 3.05) is 0 Å². The summed E-state index contributed by atoms with van der Waals surface area (Å²) in [6, 6.07) is 0. The van der Waals surface area contributed by atoms with Gasteiger partial charge < -0.3 is 5.11 Å². The van der Waals surface area contributed by atoms with E-state index in [9.17, 15) is 5.11 Å². The molecule has 1 saturated carbocycles. The fraction of sp³-hybridized carbons (Fsp3) is 0.778. The maximum Gasteiger partial charge on any atom is 0.0830 e. The van der Waals surface area contributed by atoms with Crippen molar-refractivity contribution in [3.63, 3.8) is 0 Å². The molecule has 10 heavy (non-hydrogen) atoms. The second-order valence-corrected chi connectivity index (χ2v) is 3.72. The van der Waals surface area contributed by atoms with Gasteiger partial charge in [0.2, 0.25) is 0 Å². The highest BCUT2D eigenvalue weighted by Crippen LogP contribution is 2.42. The van der Waals surface area contributed by atoms with Crippen molar-refractivity contribution in [3.8, 4) is 0 Å². The van der Waals surface area contributed by atoms with Crippen LogP contribution in [-0.2, 0) is 0 Å². The third-order valence-corrected chi connectivity index (χ3v) is 2.55. The Bertz CT molecular complexity index is 132. The first kappa shape index (κ1) is 7.80. The number of hydrogen-bond donors (Lipinski definition) is 1. The lowest BCUT2D eigenvalue weighted by Crippen LogP contribution is -2.43. The van der Waals surface area contributed by atoms with Crippen LogP contribution in [0.3, 0.4) is 0 Å². The standard InChI is InChI=1S/C9H16O/c1-4-9(10)5-8(6-9)7(2)3/h4,7-8,10H,1,5-6H2,2-3H3. The molecular formula is C9H16O. The van der Waals surface area contributed by atoms with Gasteiger partial charge in [0.05, 0.1) is 5.60 Å². The minimum absolute atomic E-state index is 0.519. The molecule has 0 aromatic heterocycles. The van der Waals surface area contributed by atoms with Crippen LogP contribution in [0.2, 0.25) is 0 Å². The van der Waals surface area contributed by atoms with Crippen LogP contribution in [0.25, 0.3) is 0 Å². The molecule has 0 aliphatic heterocycles. The molecule has 1 N–H and O–H groups in total. The zero-order chi connectivity index (χ0) is 7.78. The first-order chi connectivity index (χ1) is 4.57. The Morgan fingerprint density at radius 1 is 1.60 bits per heavy atom. The molecule has 0 bridgehead atoms. The Hall–Kier alpha value is -0.300. The van der Waals surface area contributed by atoms with Gasteiger partial charge in [0.1, 0.15) is 0 Å². The first-order valence-electron chi connectivity index (χ1n) is 3.93. The maximum atomic E-state index is 9.52. The highest BCUT2D eigenvalue weighted by atomic mass is 16.3. The van der Waals surface area contributed by atoms with E-state index in [0.717, 1.165) is 12.8 Å². The van der Waals surface area contributed by atoms with Crippen molar-refractivity contribution in [2.24, 2.45) is 11.8 Å². The summed E-state index contributed by atoms with van der Waals surface area (Å²) in [5, 5.41) is 9.52. The lowest BCUT2D eigenvalue weighted by molar-refractivity contribution is -0.0465. The third kappa shape index (κ3) is 1.24. The van der Waals surface area contributed by atoms with E-state index >= 15 is 0 Å². The van der Waals surface area contributed by atoms with Crippen molar-refractivity contribution >= 4 is 0 Å². The SMILES string of the molecule is C=CC1(O)CC(C(C)C)C1. The lowest BCUT2D eigenvalue weighted by Gasteiger charge is -2.43. The van der Waals surface area contributed by atoms with Crippen LogP contribution in [0.5, 0.6) is 0 Å². The molecule has 0 spiro atoms. The molecule has 0 amide bonds. The summed E-state index contributed by atoms with van der Waals surface area (Å²) >= 11 is 0. The Morgan fingerprint density at radius 2 is 2.10 bits per heavy atom. The maximum absolute atomic E-state index is 9.52. The molecular weight excluding hydrogens is 124 g/mol. The topological polar surface area (TPSA) is 20.2 Å². The average Bonchev–Trinajstić information content (AvgIpc) is 1.80. The van der Waals surface area contributed by atoms with Gasteiger partial charge in [-0.05, 0) is 24.7 Å². The van der Waals surface area contributed by atoms with E-state index in [1.54, 1.807) is 6.08 Å². The summed E-state index contributed by atoms with van der Waals surface area (Å²) < 4.78 is 0. The summed E-state index contributed by atoms with van der Waals surface area (Å²) in [5.74, 6) is 1.42. The molecule has 1 aliphatic carbocycles. The molecule has 1 heteroatoms. The second-order valence-electron chi connectivity index (χ2n) is 3.72. The minimum atomic E-state index is -0.519. The summed E-state index contributed by atoms with van der Waals surface area (Å²) in [5.41, 5.74) is -0.519. The quantitative estimate of drug-likeness (QED) is 0.581. The van der Waals surface area contributed by atoms with E-state index in [4.69, 9.17) is 0 Å². The number of aliphatic hydroxyl groups is 1. The second kappa shape index (κ2) is 2.39. The number of rotatable bonds is 2. The van der Waals surface area contributed by atoms with Gasteiger partial charge in [0.15, 0.2) is 0 Å². The molecule has 0 unspecified atom stereocenters. The smallest absolute Gasteiger partial charge is 0.0830 e. The highest BCUT2D eigenvalue weighted by Gasteiger charge is 2.40. The Kier molecular flexibility index (Phi) is 1.86. The summed E-state index contributed by atoms with van der Waals surface area (Å²) in [7, 11) is 0. The van der Waals surface area contributed by atoms with Crippen LogP contribution < -0.4 is 0 Å². The Balaban J connectivity index is 2.36. The molecule has 1 aliphatic rings. The molecule has 0 heterocycles. The molecule has 0 aromatic carbocycles. The summed E-state index contributed by atoms with van der Waals surface area (Å²) in [6.45, 7) is 8.00. The van der Waals surface area contributed by atoms with E-state index < -0.39 is 5.60 Å². The predicted octanol–water partition coefficient (Wildman–Crippen LogP) is 1.97. The normalized spacial score (nSPS) is 39.4. The van der Waals surface area contributed by atoms with Gasteiger partial charge in [-0.15, -0.1) is 6.58 Å². The zero-order valence-electron chi connectivity index (χ0n) is 6.80. The van der Waals surface area contributed by atoms with Crippen molar-refractivity contribution in [3.05, 3.63) is 12.7 Å². The van der Waals surface area contributed by atoms with Gasteiger partial charge in [0, 0.05) is 0 Å². The van der Waals surface area contributed by atoms with Crippen molar-refractivity contribution in [1.29, 1.82) is 0 Å². The van der Waals surface area contributed by atoms with E-state index in [1.807, 2.05) is 0 Å². The Labute approximate surface area is 62.8 Å². The highest BCUT2D eigenvalue weighted by molar-refractivity contribution is 5.06. The monoisotopic (exact) mass is 140 g/mol. The van der Waals surface area contributed by atoms with Crippen LogP contribution in [0.4, 0.5) is 0 Å². The van der Waals surface area contributed by atoms with Gasteiger partial charge in [-0.25, -0.2) is 0 Å². The molecule has 1 rings (SSSR count). The largest absolute Gasteiger partial charge is 0.386 e. The van der Waals surface area contributed by atoms with Gasteiger partial charge in [0.25, 0.3) is 0 Å². The van der Waals surface area contributed by atoms with E-state index in [0.29, 0.717) is 11.8 Å². The lowest BCUT2D eigenvalue weighted by atomic mass is 9.66. The molecule has 0 atom stereocenters. The molecule has 0 aromatic rings. The van der Waals surface area contributed by atoms with Gasteiger partial charge >= 0.3 is 0 Å². The fourth-order valence-corrected chi connectivity index (χ4v) is 1.49. The predicted molar refractivity (Wildman–Crippen MR) is 42.7 cm³/mol. The Morgan fingerprint density at radius 3 is 2.40 bits per heavy atom. The fourth-order valence-electron chi connectivity index (χ4n) is 1.49. The van der Waals surface area contributed by atoms with Crippen LogP contribution in [0.15, 0.2) is 12.7 Å².